The van der Waals surface area contributed by atoms with Gasteiger partial charge in [-0.25, -0.2) is 4.79 Å². The Morgan fingerprint density at radius 3 is 2.33 bits per heavy atom. The monoisotopic (exact) mass is 859 g/mol. The van der Waals surface area contributed by atoms with Gasteiger partial charge in [-0.05, 0) is 95.5 Å². The van der Waals surface area contributed by atoms with Crippen molar-refractivity contribution in [2.24, 2.45) is 29.6 Å². The van der Waals surface area contributed by atoms with Gasteiger partial charge < -0.3 is 44.1 Å². The first-order valence-electron chi connectivity index (χ1n) is 22.5. The van der Waals surface area contributed by atoms with E-state index in [1.165, 1.54) is 26.0 Å². The molecule has 4 rings (SSSR count). The third-order valence-corrected chi connectivity index (χ3v) is 13.4. The standard InChI is InChI=1S/C47H74N2O12/c1-11-19-59-39-25-33(16-17-35(39)48-32(8)50)23-29(5)42-31(7)37(51)26-38(52)34(12-2)21-27(3)20-28(4)22-40(57-9)43-41(58-10)24-30(6)47(56,61-43)44(53)45(54)49-18-14-13-15-36(49)46(55)60-42/h11,21,23,28,30-31,33-37,39-43,51,56H,1,12-20,22,24-26H2,2-10H3,(H,48,50). The second-order valence-corrected chi connectivity index (χ2v) is 18.3. The van der Waals surface area contributed by atoms with E-state index >= 15 is 0 Å². The Bertz CT molecular complexity index is 1610. The van der Waals surface area contributed by atoms with Gasteiger partial charge in [0.2, 0.25) is 11.7 Å². The molecule has 2 amide bonds. The van der Waals surface area contributed by atoms with Crippen LogP contribution in [0.5, 0.6) is 0 Å². The van der Waals surface area contributed by atoms with Crippen molar-refractivity contribution < 1.29 is 57.9 Å². The largest absolute Gasteiger partial charge is 0.456 e. The number of Topliss-reactive ketones (excluding diaryl/α,β-unsaturated/α-hetero) is 2. The number of amides is 2. The molecule has 1 saturated carbocycles. The van der Waals surface area contributed by atoms with Crippen LogP contribution < -0.4 is 5.32 Å². The Balaban J connectivity index is 1.76. The van der Waals surface area contributed by atoms with Crippen LogP contribution in [0.1, 0.15) is 119 Å². The number of aliphatic hydroxyl groups is 2. The number of rotatable bonds is 9. The molecule has 14 atom stereocenters. The number of hydrogen-bond donors (Lipinski definition) is 3. The van der Waals surface area contributed by atoms with E-state index in [1.807, 2.05) is 39.8 Å². The van der Waals surface area contributed by atoms with E-state index in [4.69, 9.17) is 23.7 Å². The number of ether oxygens (including phenoxy) is 5. The van der Waals surface area contributed by atoms with Gasteiger partial charge in [0, 0.05) is 51.9 Å². The molecular weight excluding hydrogens is 785 g/mol. The highest BCUT2D eigenvalue weighted by Gasteiger charge is 2.56. The molecule has 61 heavy (non-hydrogen) atoms. The average Bonchev–Trinajstić information content (AvgIpc) is 3.23. The third kappa shape index (κ3) is 12.7. The van der Waals surface area contributed by atoms with E-state index in [0.29, 0.717) is 63.5 Å². The molecule has 0 aromatic rings. The number of aliphatic hydroxyl groups excluding tert-OH is 1. The van der Waals surface area contributed by atoms with E-state index in [0.717, 1.165) is 5.57 Å². The molecule has 0 aromatic heterocycles. The number of carbonyl (C=O) groups excluding carboxylic acids is 5. The fraction of sp³-hybridized carbons (Fsp3) is 0.766. The Labute approximate surface area is 363 Å². The molecule has 14 unspecified atom stereocenters. The Morgan fingerprint density at radius 2 is 1.69 bits per heavy atom. The number of nitrogens with zero attached hydrogens (tertiary/aromatic N) is 1. The van der Waals surface area contributed by atoms with Gasteiger partial charge >= 0.3 is 5.97 Å². The molecule has 2 bridgehead atoms. The molecular formula is C47H74N2O12. The predicted molar refractivity (Wildman–Crippen MR) is 229 cm³/mol. The lowest BCUT2D eigenvalue weighted by Gasteiger charge is -2.47. The highest BCUT2D eigenvalue weighted by atomic mass is 16.7. The first kappa shape index (κ1) is 50.4. The highest BCUT2D eigenvalue weighted by Crippen LogP contribution is 2.39. The van der Waals surface area contributed by atoms with E-state index in [-0.39, 0.29) is 61.5 Å². The SMILES string of the molecule is C=CCOC1CC(C=C(C)C2OC(=O)C3CCCCN3C(=O)C(=O)C3(O)OC(C(OC)CC(C)CC(C)=CC(CC)C(=O)CC(O)C2C)C(OC)CC3C)CCC1NC(C)=O. The minimum absolute atomic E-state index is 0.0245. The molecule has 3 heterocycles. The zero-order chi connectivity index (χ0) is 45.2. The summed E-state index contributed by atoms with van der Waals surface area (Å²) in [6, 6.07) is -1.33. The summed E-state index contributed by atoms with van der Waals surface area (Å²) in [5.41, 5.74) is 1.64. The summed E-state index contributed by atoms with van der Waals surface area (Å²) in [7, 11) is 3.06. The fourth-order valence-electron chi connectivity index (χ4n) is 9.96. The number of methoxy groups -OCH3 is 2. The van der Waals surface area contributed by atoms with Crippen molar-refractivity contribution in [1.29, 1.82) is 0 Å². The van der Waals surface area contributed by atoms with Gasteiger partial charge in [0.1, 0.15) is 24.0 Å². The summed E-state index contributed by atoms with van der Waals surface area (Å²) < 4.78 is 30.4. The summed E-state index contributed by atoms with van der Waals surface area (Å²) in [6.45, 7) is 16.8. The van der Waals surface area contributed by atoms with Crippen molar-refractivity contribution in [1.82, 2.24) is 10.2 Å². The first-order valence-corrected chi connectivity index (χ1v) is 22.5. The first-order chi connectivity index (χ1) is 28.9. The topological polar surface area (TPSA) is 187 Å². The lowest BCUT2D eigenvalue weighted by molar-refractivity contribution is -0.302. The van der Waals surface area contributed by atoms with Gasteiger partial charge in [0.15, 0.2) is 0 Å². The number of hydrogen-bond acceptors (Lipinski definition) is 12. The zero-order valence-electron chi connectivity index (χ0n) is 38.1. The second-order valence-electron chi connectivity index (χ2n) is 18.3. The van der Waals surface area contributed by atoms with Crippen LogP contribution in [0, 0.1) is 29.6 Å². The number of nitrogens with one attached hydrogen (secondary N) is 1. The van der Waals surface area contributed by atoms with Gasteiger partial charge in [-0.3, -0.25) is 19.2 Å². The number of allylic oxidation sites excluding steroid dienone is 3. The van der Waals surface area contributed by atoms with Crippen LogP contribution in [0.2, 0.25) is 0 Å². The second kappa shape index (κ2) is 22.9. The number of piperidine rings is 1. The summed E-state index contributed by atoms with van der Waals surface area (Å²) >= 11 is 0. The van der Waals surface area contributed by atoms with Crippen LogP contribution in [-0.2, 0) is 47.7 Å². The molecule has 14 heteroatoms. The fourth-order valence-corrected chi connectivity index (χ4v) is 9.96. The summed E-state index contributed by atoms with van der Waals surface area (Å²) in [6.07, 6.45) is 6.02. The number of esters is 1. The third-order valence-electron chi connectivity index (χ3n) is 13.4. The maximum Gasteiger partial charge on any atom is 0.329 e. The van der Waals surface area contributed by atoms with E-state index in [2.05, 4.69) is 11.9 Å². The van der Waals surface area contributed by atoms with Gasteiger partial charge in [-0.1, -0.05) is 51.5 Å². The van der Waals surface area contributed by atoms with Crippen LogP contribution >= 0.6 is 0 Å². The smallest absolute Gasteiger partial charge is 0.329 e. The van der Waals surface area contributed by atoms with Crippen LogP contribution in [-0.4, -0.2) is 126 Å². The highest BCUT2D eigenvalue weighted by molar-refractivity contribution is 6.39. The van der Waals surface area contributed by atoms with E-state index < -0.39 is 77.8 Å². The lowest BCUT2D eigenvalue weighted by atomic mass is 9.80. The van der Waals surface area contributed by atoms with Gasteiger partial charge in [0.05, 0.1) is 37.1 Å². The summed E-state index contributed by atoms with van der Waals surface area (Å²) in [5, 5.41) is 26.8. The molecule has 3 N–H and O–H groups in total. The van der Waals surface area contributed by atoms with Crippen molar-refractivity contribution in [2.75, 3.05) is 27.4 Å². The number of carbonyl (C=O) groups is 5. The molecule has 3 fully saturated rings. The summed E-state index contributed by atoms with van der Waals surface area (Å²) in [5.74, 6) is -7.79. The Hall–Kier alpha value is -3.27. The molecule has 3 aliphatic heterocycles. The quantitative estimate of drug-likeness (QED) is 0.157. The minimum Gasteiger partial charge on any atom is -0.456 e. The molecule has 0 aromatic carbocycles. The van der Waals surface area contributed by atoms with Crippen LogP contribution in [0.15, 0.2) is 36.0 Å². The van der Waals surface area contributed by atoms with Crippen molar-refractivity contribution in [3.8, 4) is 0 Å². The number of fused-ring (bicyclic) bond motifs is 3. The number of cyclic esters (lactones) is 1. The molecule has 0 spiro atoms. The zero-order valence-corrected chi connectivity index (χ0v) is 38.1. The summed E-state index contributed by atoms with van der Waals surface area (Å²) in [4.78, 5) is 70.1. The van der Waals surface area contributed by atoms with Crippen LogP contribution in [0.4, 0.5) is 0 Å². The van der Waals surface area contributed by atoms with Crippen LogP contribution in [0.25, 0.3) is 0 Å². The van der Waals surface area contributed by atoms with E-state index in [1.54, 1.807) is 19.9 Å². The van der Waals surface area contributed by atoms with Gasteiger partial charge in [-0.2, -0.15) is 0 Å². The van der Waals surface area contributed by atoms with Crippen molar-refractivity contribution in [3.05, 3.63) is 36.0 Å². The van der Waals surface area contributed by atoms with Crippen molar-refractivity contribution in [2.45, 2.75) is 174 Å². The molecule has 0 radical (unpaired) electrons. The molecule has 1 aliphatic carbocycles. The molecule has 14 nitrogen and oxygen atoms in total. The van der Waals surface area contributed by atoms with Crippen molar-refractivity contribution >= 4 is 29.4 Å². The van der Waals surface area contributed by atoms with Gasteiger partial charge in [0.25, 0.3) is 11.7 Å². The van der Waals surface area contributed by atoms with E-state index in [9.17, 15) is 34.2 Å². The Kier molecular flexibility index (Phi) is 18.9. The van der Waals surface area contributed by atoms with Crippen molar-refractivity contribution in [3.63, 3.8) is 0 Å². The van der Waals surface area contributed by atoms with Gasteiger partial charge in [-0.15, -0.1) is 6.58 Å². The molecule has 4 aliphatic rings. The lowest BCUT2D eigenvalue weighted by Crippen LogP contribution is -2.64. The van der Waals surface area contributed by atoms with Crippen LogP contribution in [0.3, 0.4) is 0 Å². The molecule has 2 saturated heterocycles. The minimum atomic E-state index is -2.52. The maximum absolute atomic E-state index is 14.4. The number of ketones is 2. The maximum atomic E-state index is 14.4. The average molecular weight is 859 g/mol. The molecule has 344 valence electrons. The predicted octanol–water partition coefficient (Wildman–Crippen LogP) is 5.17. The Morgan fingerprint density at radius 1 is 1.00 bits per heavy atom. The normalized spacial score (nSPS) is 38.1.